The summed E-state index contributed by atoms with van der Waals surface area (Å²) in [4.78, 5) is 13.8. The molecule has 138 valence electrons. The van der Waals surface area contributed by atoms with Crippen molar-refractivity contribution in [3.63, 3.8) is 0 Å². The quantitative estimate of drug-likeness (QED) is 0.762. The van der Waals surface area contributed by atoms with Crippen LogP contribution >= 0.6 is 0 Å². The van der Waals surface area contributed by atoms with Gasteiger partial charge >= 0.3 is 0 Å². The lowest BCUT2D eigenvalue weighted by molar-refractivity contribution is 0.226. The van der Waals surface area contributed by atoms with Gasteiger partial charge in [-0.15, -0.1) is 0 Å². The molecule has 1 aliphatic rings. The Hall–Kier alpha value is -1.73. The maximum atomic E-state index is 5.72. The minimum absolute atomic E-state index is 0.765. The van der Waals surface area contributed by atoms with Crippen molar-refractivity contribution < 1.29 is 8.94 Å². The molecule has 0 aliphatic carbocycles. The number of unbranched alkanes of at least 4 members (excludes halogenated alkanes) is 1. The Morgan fingerprint density at radius 2 is 1.72 bits per heavy atom. The molecule has 0 saturated carbocycles. The smallest absolute Gasteiger partial charge is 0.226 e. The third-order valence-corrected chi connectivity index (χ3v) is 4.73. The lowest BCUT2D eigenvalue weighted by Gasteiger charge is -2.19. The summed E-state index contributed by atoms with van der Waals surface area (Å²) in [5.74, 6) is 3.31. The van der Waals surface area contributed by atoms with Crippen LogP contribution in [0.25, 0.3) is 0 Å². The number of oxazole rings is 1. The van der Waals surface area contributed by atoms with E-state index in [1.165, 1.54) is 0 Å². The number of aromatic nitrogens is 3. The second-order valence-corrected chi connectivity index (χ2v) is 6.86. The second-order valence-electron chi connectivity index (χ2n) is 6.86. The zero-order valence-corrected chi connectivity index (χ0v) is 15.6. The number of hydrogen-bond acceptors (Lipinski definition) is 7. The minimum atomic E-state index is 0.765. The van der Waals surface area contributed by atoms with Crippen molar-refractivity contribution in [3.8, 4) is 0 Å². The zero-order valence-electron chi connectivity index (χ0n) is 15.6. The molecule has 0 atom stereocenters. The first-order valence-corrected chi connectivity index (χ1v) is 9.33. The summed E-state index contributed by atoms with van der Waals surface area (Å²) in [7, 11) is 0. The predicted molar refractivity (Wildman–Crippen MR) is 94.1 cm³/mol. The largest absolute Gasteiger partial charge is 0.444 e. The van der Waals surface area contributed by atoms with Crippen LogP contribution in [0.15, 0.2) is 8.94 Å². The number of hydrogen-bond donors (Lipinski definition) is 0. The van der Waals surface area contributed by atoms with Crippen molar-refractivity contribution in [2.75, 3.05) is 26.2 Å². The molecule has 0 aromatic carbocycles. The molecule has 2 aromatic heterocycles. The van der Waals surface area contributed by atoms with Crippen LogP contribution in [0.4, 0.5) is 0 Å². The van der Waals surface area contributed by atoms with E-state index in [9.17, 15) is 0 Å². The molecule has 7 heteroatoms. The van der Waals surface area contributed by atoms with Gasteiger partial charge in [0.05, 0.1) is 18.8 Å². The molecule has 2 aromatic rings. The topological polar surface area (TPSA) is 71.4 Å². The fraction of sp³-hybridized carbons (Fsp3) is 0.722. The summed E-state index contributed by atoms with van der Waals surface area (Å²) in [6.07, 6.45) is 4.24. The Morgan fingerprint density at radius 3 is 2.40 bits per heavy atom. The average Bonchev–Trinajstić information content (AvgIpc) is 3.08. The molecule has 0 spiro atoms. The van der Waals surface area contributed by atoms with Crippen molar-refractivity contribution in [1.82, 2.24) is 24.9 Å². The first kappa shape index (κ1) is 18.1. The van der Waals surface area contributed by atoms with Crippen LogP contribution in [0.3, 0.4) is 0 Å². The molecule has 0 amide bonds. The highest BCUT2D eigenvalue weighted by molar-refractivity contribution is 5.05. The fourth-order valence-corrected chi connectivity index (χ4v) is 3.12. The van der Waals surface area contributed by atoms with Crippen LogP contribution in [0, 0.1) is 13.8 Å². The molecule has 1 saturated heterocycles. The van der Waals surface area contributed by atoms with E-state index >= 15 is 0 Å². The fourth-order valence-electron chi connectivity index (χ4n) is 3.12. The van der Waals surface area contributed by atoms with Crippen LogP contribution in [0.1, 0.15) is 55.2 Å². The van der Waals surface area contributed by atoms with Gasteiger partial charge in [0, 0.05) is 19.5 Å². The summed E-state index contributed by atoms with van der Waals surface area (Å²) in [5, 5.41) is 4.13. The van der Waals surface area contributed by atoms with E-state index in [0.717, 1.165) is 94.0 Å². The van der Waals surface area contributed by atoms with Gasteiger partial charge in [0.25, 0.3) is 0 Å². The molecule has 0 radical (unpaired) electrons. The van der Waals surface area contributed by atoms with E-state index in [0.29, 0.717) is 0 Å². The molecule has 1 fully saturated rings. The van der Waals surface area contributed by atoms with Crippen LogP contribution < -0.4 is 0 Å². The summed E-state index contributed by atoms with van der Waals surface area (Å²) in [5.41, 5.74) is 0.988. The first-order chi connectivity index (χ1) is 12.1. The molecule has 0 bridgehead atoms. The highest BCUT2D eigenvalue weighted by atomic mass is 16.5. The number of aryl methyl sites for hydroxylation is 3. The Morgan fingerprint density at radius 1 is 0.960 bits per heavy atom. The third-order valence-electron chi connectivity index (χ3n) is 4.73. The van der Waals surface area contributed by atoms with Crippen molar-refractivity contribution in [2.45, 2.75) is 59.5 Å². The van der Waals surface area contributed by atoms with Gasteiger partial charge in [-0.2, -0.15) is 4.98 Å². The Bertz CT molecular complexity index is 647. The van der Waals surface area contributed by atoms with Crippen molar-refractivity contribution >= 4 is 0 Å². The van der Waals surface area contributed by atoms with Gasteiger partial charge in [-0.05, 0) is 39.8 Å². The summed E-state index contributed by atoms with van der Waals surface area (Å²) in [6, 6.07) is 0. The number of rotatable bonds is 7. The van der Waals surface area contributed by atoms with Crippen molar-refractivity contribution in [1.29, 1.82) is 0 Å². The van der Waals surface area contributed by atoms with Gasteiger partial charge in [-0.3, -0.25) is 9.80 Å². The standard InChI is InChI=1S/C18H29N5O2/c1-4-5-7-17-20-16(21-25-17)12-22-8-6-9-23(11-10-22)13-18-19-14(2)15(3)24-18/h4-13H2,1-3H3. The van der Waals surface area contributed by atoms with E-state index < -0.39 is 0 Å². The van der Waals surface area contributed by atoms with E-state index in [-0.39, 0.29) is 0 Å². The van der Waals surface area contributed by atoms with Crippen LogP contribution in [-0.2, 0) is 19.5 Å². The Labute approximate surface area is 149 Å². The van der Waals surface area contributed by atoms with Crippen molar-refractivity contribution in [3.05, 3.63) is 29.1 Å². The molecule has 0 unspecified atom stereocenters. The molecular weight excluding hydrogens is 318 g/mol. The van der Waals surface area contributed by atoms with E-state index in [1.807, 2.05) is 13.8 Å². The molecule has 3 heterocycles. The van der Waals surface area contributed by atoms with E-state index in [2.05, 4.69) is 31.8 Å². The lowest BCUT2D eigenvalue weighted by Crippen LogP contribution is -2.30. The zero-order chi connectivity index (χ0) is 17.6. The molecule has 1 aliphatic heterocycles. The molecule has 25 heavy (non-hydrogen) atoms. The average molecular weight is 347 g/mol. The predicted octanol–water partition coefficient (Wildman–Crippen LogP) is 2.72. The third kappa shape index (κ3) is 5.12. The van der Waals surface area contributed by atoms with E-state index in [1.54, 1.807) is 0 Å². The SMILES string of the molecule is CCCCc1nc(CN2CCCN(Cc3nc(C)c(C)o3)CC2)no1. The molecule has 7 nitrogen and oxygen atoms in total. The summed E-state index contributed by atoms with van der Waals surface area (Å²) < 4.78 is 11.1. The van der Waals surface area contributed by atoms with Gasteiger partial charge in [-0.1, -0.05) is 18.5 Å². The summed E-state index contributed by atoms with van der Waals surface area (Å²) >= 11 is 0. The highest BCUT2D eigenvalue weighted by Crippen LogP contribution is 2.13. The van der Waals surface area contributed by atoms with Gasteiger partial charge in [-0.25, -0.2) is 4.98 Å². The number of nitrogens with zero attached hydrogens (tertiary/aromatic N) is 5. The Balaban J connectivity index is 1.48. The first-order valence-electron chi connectivity index (χ1n) is 9.33. The minimum Gasteiger partial charge on any atom is -0.444 e. The molecular formula is C18H29N5O2. The van der Waals surface area contributed by atoms with Crippen LogP contribution in [0.5, 0.6) is 0 Å². The maximum absolute atomic E-state index is 5.72. The monoisotopic (exact) mass is 347 g/mol. The molecule has 0 N–H and O–H groups in total. The van der Waals surface area contributed by atoms with Gasteiger partial charge in [0.2, 0.25) is 11.8 Å². The van der Waals surface area contributed by atoms with Crippen molar-refractivity contribution in [2.24, 2.45) is 0 Å². The van der Waals surface area contributed by atoms with Gasteiger partial charge in [0.1, 0.15) is 5.76 Å². The van der Waals surface area contributed by atoms with Crippen LogP contribution in [-0.4, -0.2) is 51.1 Å². The summed E-state index contributed by atoms with van der Waals surface area (Å²) in [6.45, 7) is 11.8. The lowest BCUT2D eigenvalue weighted by atomic mass is 10.2. The van der Waals surface area contributed by atoms with Crippen LogP contribution in [0.2, 0.25) is 0 Å². The normalized spacial score (nSPS) is 17.1. The maximum Gasteiger partial charge on any atom is 0.226 e. The van der Waals surface area contributed by atoms with E-state index in [4.69, 9.17) is 8.94 Å². The highest BCUT2D eigenvalue weighted by Gasteiger charge is 2.19. The van der Waals surface area contributed by atoms with Gasteiger partial charge < -0.3 is 8.94 Å². The molecule has 3 rings (SSSR count). The second kappa shape index (κ2) is 8.58. The Kier molecular flexibility index (Phi) is 6.20. The van der Waals surface area contributed by atoms with Gasteiger partial charge in [0.15, 0.2) is 5.82 Å².